The number of para-hydroxylation sites is 1. The Balaban J connectivity index is 1.56. The molecule has 0 unspecified atom stereocenters. The number of epoxide rings is 1. The second-order valence-electron chi connectivity index (χ2n) is 7.73. The lowest BCUT2D eigenvalue weighted by Gasteiger charge is -2.09. The summed E-state index contributed by atoms with van der Waals surface area (Å²) in [5.74, 6) is 0.712. The van der Waals surface area contributed by atoms with E-state index in [1.807, 2.05) is 30.6 Å². The van der Waals surface area contributed by atoms with Crippen LogP contribution in [-0.4, -0.2) is 28.1 Å². The molecule has 0 aliphatic carbocycles. The number of aromatic nitrogens is 2. The van der Waals surface area contributed by atoms with Crippen LogP contribution in [-0.2, 0) is 16.0 Å². The molecule has 0 saturated carbocycles. The summed E-state index contributed by atoms with van der Waals surface area (Å²) in [5, 5.41) is 0. The Morgan fingerprint density at radius 3 is 2.48 bits per heavy atom. The molecule has 0 N–H and O–H groups in total. The van der Waals surface area contributed by atoms with Crippen LogP contribution >= 0.6 is 0 Å². The van der Waals surface area contributed by atoms with Gasteiger partial charge in [-0.2, -0.15) is 0 Å². The van der Waals surface area contributed by atoms with E-state index < -0.39 is 6.10 Å². The highest BCUT2D eigenvalue weighted by Crippen LogP contribution is 2.31. The van der Waals surface area contributed by atoms with E-state index in [4.69, 9.17) is 9.47 Å². The van der Waals surface area contributed by atoms with Gasteiger partial charge >= 0.3 is 5.97 Å². The first-order valence-corrected chi connectivity index (χ1v) is 11.0. The molecule has 1 saturated heterocycles. The average molecular weight is 397 g/mol. The molecule has 2 heterocycles. The van der Waals surface area contributed by atoms with E-state index in [1.54, 1.807) is 6.07 Å². The number of esters is 1. The molecule has 1 aliphatic heterocycles. The molecule has 0 spiro atoms. The van der Waals surface area contributed by atoms with Crippen molar-refractivity contribution in [2.45, 2.75) is 83.8 Å². The van der Waals surface area contributed by atoms with E-state index in [0.29, 0.717) is 11.6 Å². The van der Waals surface area contributed by atoms with Crippen molar-refractivity contribution in [2.75, 3.05) is 0 Å². The molecule has 0 amide bonds. The fourth-order valence-corrected chi connectivity index (χ4v) is 3.49. The van der Waals surface area contributed by atoms with Gasteiger partial charge in [0.15, 0.2) is 11.9 Å². The molecule has 1 fully saturated rings. The van der Waals surface area contributed by atoms with Crippen LogP contribution in [0.5, 0.6) is 5.75 Å². The topological polar surface area (TPSA) is 64.6 Å². The number of hydrogen-bond donors (Lipinski definition) is 0. The van der Waals surface area contributed by atoms with Crippen molar-refractivity contribution in [3.05, 3.63) is 42.2 Å². The number of rotatable bonds is 12. The molecule has 156 valence electrons. The minimum Gasteiger partial charge on any atom is -0.424 e. The Labute approximate surface area is 173 Å². The molecule has 1 aromatic heterocycles. The Morgan fingerprint density at radius 1 is 1.00 bits per heavy atom. The lowest BCUT2D eigenvalue weighted by molar-refractivity contribution is -0.135. The standard InChI is InChI=1S/C24H32N2O3/c1-3-5-6-7-8-9-13-18-16-25-23(26-17-18)19-14-10-11-15-20(19)29-24(27)22-21(28-22)12-4-2/h10-11,14-17,21-22H,3-9,12-13H2,1-2H3/t21-,22-/m1/s1. The van der Waals surface area contributed by atoms with Gasteiger partial charge in [-0.1, -0.05) is 64.5 Å². The number of hydrogen-bond acceptors (Lipinski definition) is 5. The smallest absolute Gasteiger partial charge is 0.343 e. The predicted octanol–water partition coefficient (Wildman–Crippen LogP) is 5.52. The van der Waals surface area contributed by atoms with Crippen molar-refractivity contribution in [3.8, 4) is 17.1 Å². The van der Waals surface area contributed by atoms with Gasteiger partial charge in [0.1, 0.15) is 5.75 Å². The van der Waals surface area contributed by atoms with Gasteiger partial charge in [-0.3, -0.25) is 0 Å². The molecule has 0 bridgehead atoms. The highest BCUT2D eigenvalue weighted by atomic mass is 16.6. The minimum absolute atomic E-state index is 0.00262. The third-order valence-corrected chi connectivity index (χ3v) is 5.25. The summed E-state index contributed by atoms with van der Waals surface area (Å²) >= 11 is 0. The summed E-state index contributed by atoms with van der Waals surface area (Å²) in [6, 6.07) is 7.39. The molecule has 1 aliphatic rings. The molecule has 2 aromatic rings. The molecular weight excluding hydrogens is 364 g/mol. The highest BCUT2D eigenvalue weighted by molar-refractivity contribution is 5.82. The minimum atomic E-state index is -0.441. The van der Waals surface area contributed by atoms with E-state index in [9.17, 15) is 4.79 Å². The number of nitrogens with zero attached hydrogens (tertiary/aromatic N) is 2. The third-order valence-electron chi connectivity index (χ3n) is 5.25. The van der Waals surface area contributed by atoms with Gasteiger partial charge in [0.05, 0.1) is 11.7 Å². The van der Waals surface area contributed by atoms with E-state index in [2.05, 4.69) is 23.8 Å². The Hall–Kier alpha value is -2.27. The maximum absolute atomic E-state index is 12.3. The van der Waals surface area contributed by atoms with E-state index in [1.165, 1.54) is 38.5 Å². The fourth-order valence-electron chi connectivity index (χ4n) is 3.49. The van der Waals surface area contributed by atoms with Crippen molar-refractivity contribution < 1.29 is 14.3 Å². The molecule has 29 heavy (non-hydrogen) atoms. The first kappa shape index (κ1) is 21.4. The molecule has 2 atom stereocenters. The lowest BCUT2D eigenvalue weighted by atomic mass is 10.1. The molecule has 5 heteroatoms. The maximum atomic E-state index is 12.3. The summed E-state index contributed by atoms with van der Waals surface area (Å²) in [5.41, 5.74) is 1.87. The Bertz CT molecular complexity index is 776. The summed E-state index contributed by atoms with van der Waals surface area (Å²) in [7, 11) is 0. The average Bonchev–Trinajstić information content (AvgIpc) is 3.51. The van der Waals surface area contributed by atoms with Gasteiger partial charge in [0, 0.05) is 12.4 Å². The van der Waals surface area contributed by atoms with Crippen LogP contribution in [0.4, 0.5) is 0 Å². The van der Waals surface area contributed by atoms with E-state index in [0.717, 1.165) is 30.4 Å². The third kappa shape index (κ3) is 6.36. The molecule has 0 radical (unpaired) electrons. The summed E-state index contributed by atoms with van der Waals surface area (Å²) in [6.07, 6.45) is 13.8. The van der Waals surface area contributed by atoms with Gasteiger partial charge < -0.3 is 9.47 Å². The van der Waals surface area contributed by atoms with Crippen LogP contribution in [0.1, 0.15) is 70.8 Å². The SMILES string of the molecule is CCCCCCCCc1cnc(-c2ccccc2OC(=O)[C@@H]2O[C@@H]2CCC)nc1. The summed E-state index contributed by atoms with van der Waals surface area (Å²) in [4.78, 5) is 21.4. The first-order chi connectivity index (χ1) is 14.2. The van der Waals surface area contributed by atoms with Crippen molar-refractivity contribution in [1.29, 1.82) is 0 Å². The second kappa shape index (κ2) is 11.1. The van der Waals surface area contributed by atoms with Crippen LogP contribution in [0.3, 0.4) is 0 Å². The fraction of sp³-hybridized carbons (Fsp3) is 0.542. The zero-order valence-corrected chi connectivity index (χ0v) is 17.6. The summed E-state index contributed by atoms with van der Waals surface area (Å²) < 4.78 is 11.0. The van der Waals surface area contributed by atoms with Crippen molar-refractivity contribution in [2.24, 2.45) is 0 Å². The van der Waals surface area contributed by atoms with Crippen LogP contribution < -0.4 is 4.74 Å². The number of ether oxygens (including phenoxy) is 2. The first-order valence-electron chi connectivity index (χ1n) is 11.0. The van der Waals surface area contributed by atoms with Gasteiger partial charge in [-0.05, 0) is 37.0 Å². The summed E-state index contributed by atoms with van der Waals surface area (Å²) in [6.45, 7) is 4.31. The largest absolute Gasteiger partial charge is 0.424 e. The number of carbonyl (C=O) groups excluding carboxylic acids is 1. The normalized spacial score (nSPS) is 17.9. The lowest BCUT2D eigenvalue weighted by Crippen LogP contribution is -2.17. The van der Waals surface area contributed by atoms with E-state index in [-0.39, 0.29) is 12.1 Å². The molecular formula is C24H32N2O3. The quantitative estimate of drug-likeness (QED) is 0.205. The van der Waals surface area contributed by atoms with Gasteiger partial charge in [-0.15, -0.1) is 0 Å². The monoisotopic (exact) mass is 396 g/mol. The second-order valence-corrected chi connectivity index (χ2v) is 7.73. The van der Waals surface area contributed by atoms with Crippen molar-refractivity contribution in [1.82, 2.24) is 9.97 Å². The van der Waals surface area contributed by atoms with E-state index >= 15 is 0 Å². The van der Waals surface area contributed by atoms with Gasteiger partial charge in [-0.25, -0.2) is 14.8 Å². The zero-order chi connectivity index (χ0) is 20.5. The number of carbonyl (C=O) groups is 1. The van der Waals surface area contributed by atoms with Crippen molar-refractivity contribution in [3.63, 3.8) is 0 Å². The maximum Gasteiger partial charge on any atom is 0.343 e. The van der Waals surface area contributed by atoms with Gasteiger partial charge in [0.2, 0.25) is 0 Å². The van der Waals surface area contributed by atoms with Crippen LogP contribution in [0.2, 0.25) is 0 Å². The molecule has 3 rings (SSSR count). The van der Waals surface area contributed by atoms with Crippen LogP contribution in [0.25, 0.3) is 11.4 Å². The molecule has 5 nitrogen and oxygen atoms in total. The van der Waals surface area contributed by atoms with Crippen LogP contribution in [0.15, 0.2) is 36.7 Å². The molecule has 1 aromatic carbocycles. The predicted molar refractivity (Wildman–Crippen MR) is 114 cm³/mol. The van der Waals surface area contributed by atoms with Crippen molar-refractivity contribution >= 4 is 5.97 Å². The number of benzene rings is 1. The Kier molecular flexibility index (Phi) is 8.17. The number of aryl methyl sites for hydroxylation is 1. The number of unbranched alkanes of at least 4 members (excludes halogenated alkanes) is 5. The highest BCUT2D eigenvalue weighted by Gasteiger charge is 2.45. The van der Waals surface area contributed by atoms with Crippen LogP contribution in [0, 0.1) is 0 Å². The zero-order valence-electron chi connectivity index (χ0n) is 17.6. The Morgan fingerprint density at radius 2 is 1.72 bits per heavy atom. The van der Waals surface area contributed by atoms with Gasteiger partial charge in [0.25, 0.3) is 0 Å².